The monoisotopic (exact) mass is 468 g/mol. The predicted molar refractivity (Wildman–Crippen MR) is 121 cm³/mol. The van der Waals surface area contributed by atoms with Crippen molar-refractivity contribution in [2.45, 2.75) is 0 Å². The summed E-state index contributed by atoms with van der Waals surface area (Å²) in [6.07, 6.45) is -1.14. The topological polar surface area (TPSA) is 119 Å². The lowest BCUT2D eigenvalue weighted by Gasteiger charge is -2.13. The lowest BCUT2D eigenvalue weighted by molar-refractivity contribution is 0.177. The van der Waals surface area contributed by atoms with Gasteiger partial charge in [-0.1, -0.05) is 30.3 Å². The molecule has 33 heavy (non-hydrogen) atoms. The molecule has 1 aromatic heterocycles. The molecule has 11 heteroatoms. The number of halogens is 1. The Bertz CT molecular complexity index is 1520. The molecule has 2 N–H and O–H groups in total. The number of fused-ring (bicyclic) bond motifs is 1. The molecule has 0 spiro atoms. The Balaban J connectivity index is 1.84. The molecular weight excluding hydrogens is 451 g/mol. The zero-order valence-corrected chi connectivity index (χ0v) is 18.0. The van der Waals surface area contributed by atoms with Gasteiger partial charge in [0.1, 0.15) is 5.82 Å². The number of rotatable bonds is 5. The molecule has 0 fully saturated rings. The standard InChI is InChI=1S/C22H17FN4O5S/c1-32-22(29)26-33(30,31)25-16-6-4-5-14(13-16)20-18-7-2-3-8-19(18)21(28)27(24-20)17-11-9-15(23)10-12-17/h2-13,25H,1H3,(H,26,29). The lowest BCUT2D eigenvalue weighted by atomic mass is 10.0. The summed E-state index contributed by atoms with van der Waals surface area (Å²) in [5, 5.41) is 5.41. The molecule has 4 rings (SSSR count). The number of ether oxygens (including phenoxy) is 1. The number of methoxy groups -OCH3 is 1. The van der Waals surface area contributed by atoms with Gasteiger partial charge in [0.05, 0.1) is 29.6 Å². The average molecular weight is 468 g/mol. The maximum Gasteiger partial charge on any atom is 0.422 e. The van der Waals surface area contributed by atoms with Crippen LogP contribution in [0.4, 0.5) is 14.9 Å². The first-order valence-corrected chi connectivity index (χ1v) is 11.0. The van der Waals surface area contributed by atoms with Gasteiger partial charge >= 0.3 is 16.3 Å². The SMILES string of the molecule is COC(=O)NS(=O)(=O)Nc1cccc(-c2nn(-c3ccc(F)cc3)c(=O)c3ccccc23)c1. The molecule has 0 aliphatic rings. The molecule has 1 heterocycles. The van der Waals surface area contributed by atoms with Crippen molar-refractivity contribution < 1.29 is 22.3 Å². The summed E-state index contributed by atoms with van der Waals surface area (Å²) in [5.41, 5.74) is 1.03. The van der Waals surface area contributed by atoms with Crippen molar-refractivity contribution in [3.63, 3.8) is 0 Å². The van der Waals surface area contributed by atoms with Crippen molar-refractivity contribution in [1.82, 2.24) is 14.5 Å². The second-order valence-corrected chi connectivity index (χ2v) is 8.28. The van der Waals surface area contributed by atoms with E-state index in [9.17, 15) is 22.4 Å². The number of carbonyl (C=O) groups excluding carboxylic acids is 1. The molecule has 9 nitrogen and oxygen atoms in total. The number of nitrogens with zero attached hydrogens (tertiary/aromatic N) is 2. The summed E-state index contributed by atoms with van der Waals surface area (Å²) in [6.45, 7) is 0. The Hall–Kier alpha value is -4.25. The molecular formula is C22H17FN4O5S. The van der Waals surface area contributed by atoms with Gasteiger partial charge in [0, 0.05) is 10.9 Å². The number of amides is 1. The van der Waals surface area contributed by atoms with E-state index in [1.807, 2.05) is 0 Å². The lowest BCUT2D eigenvalue weighted by Crippen LogP contribution is -2.35. The number of hydrogen-bond acceptors (Lipinski definition) is 6. The van der Waals surface area contributed by atoms with Crippen molar-refractivity contribution in [1.29, 1.82) is 0 Å². The molecule has 0 aliphatic heterocycles. The Morgan fingerprint density at radius 3 is 2.39 bits per heavy atom. The molecule has 0 saturated heterocycles. The van der Waals surface area contributed by atoms with Gasteiger partial charge < -0.3 is 4.74 Å². The van der Waals surface area contributed by atoms with Crippen LogP contribution in [0.2, 0.25) is 0 Å². The molecule has 0 bridgehead atoms. The van der Waals surface area contributed by atoms with E-state index in [2.05, 4.69) is 14.6 Å². The van der Waals surface area contributed by atoms with Gasteiger partial charge in [-0.05, 0) is 42.5 Å². The fourth-order valence-corrected chi connectivity index (χ4v) is 4.01. The molecule has 0 aliphatic carbocycles. The van der Waals surface area contributed by atoms with Crippen LogP contribution in [0.5, 0.6) is 0 Å². The molecule has 0 radical (unpaired) electrons. The number of hydrogen-bond donors (Lipinski definition) is 2. The minimum Gasteiger partial charge on any atom is -0.452 e. The molecule has 4 aromatic rings. The summed E-state index contributed by atoms with van der Waals surface area (Å²) >= 11 is 0. The van der Waals surface area contributed by atoms with Crippen molar-refractivity contribution in [2.75, 3.05) is 11.8 Å². The van der Waals surface area contributed by atoms with E-state index in [0.29, 0.717) is 27.7 Å². The first kappa shape index (κ1) is 22.0. The van der Waals surface area contributed by atoms with Crippen LogP contribution in [0.15, 0.2) is 77.6 Å². The second-order valence-electron chi connectivity index (χ2n) is 6.87. The van der Waals surface area contributed by atoms with Gasteiger partial charge in [-0.2, -0.15) is 18.2 Å². The van der Waals surface area contributed by atoms with Gasteiger partial charge in [0.25, 0.3) is 5.56 Å². The average Bonchev–Trinajstić information content (AvgIpc) is 2.79. The van der Waals surface area contributed by atoms with E-state index in [0.717, 1.165) is 11.8 Å². The van der Waals surface area contributed by atoms with E-state index in [1.165, 1.54) is 36.4 Å². The summed E-state index contributed by atoms with van der Waals surface area (Å²) in [4.78, 5) is 24.3. The third kappa shape index (κ3) is 4.67. The largest absolute Gasteiger partial charge is 0.452 e. The molecule has 3 aromatic carbocycles. The fourth-order valence-electron chi connectivity index (χ4n) is 3.22. The van der Waals surface area contributed by atoms with Crippen LogP contribution in [-0.4, -0.2) is 31.4 Å². The van der Waals surface area contributed by atoms with E-state index in [4.69, 9.17) is 0 Å². The first-order chi connectivity index (χ1) is 15.8. The number of nitrogens with one attached hydrogen (secondary N) is 2. The number of benzene rings is 3. The van der Waals surface area contributed by atoms with E-state index >= 15 is 0 Å². The highest BCUT2D eigenvalue weighted by Gasteiger charge is 2.17. The Morgan fingerprint density at radius 2 is 1.70 bits per heavy atom. The van der Waals surface area contributed by atoms with Crippen LogP contribution >= 0.6 is 0 Å². The van der Waals surface area contributed by atoms with Crippen LogP contribution in [0.25, 0.3) is 27.7 Å². The first-order valence-electron chi connectivity index (χ1n) is 9.54. The molecule has 0 unspecified atom stereocenters. The molecule has 1 amide bonds. The highest BCUT2D eigenvalue weighted by Crippen LogP contribution is 2.27. The smallest absolute Gasteiger partial charge is 0.422 e. The zero-order valence-electron chi connectivity index (χ0n) is 17.2. The van der Waals surface area contributed by atoms with Crippen LogP contribution < -0.4 is 15.0 Å². The predicted octanol–water partition coefficient (Wildman–Crippen LogP) is 3.20. The summed E-state index contributed by atoms with van der Waals surface area (Å²) in [7, 11) is -3.20. The van der Waals surface area contributed by atoms with Crippen molar-refractivity contribution in [2.24, 2.45) is 0 Å². The second kappa shape index (κ2) is 8.71. The van der Waals surface area contributed by atoms with Gasteiger partial charge in [-0.25, -0.2) is 13.9 Å². The quantitative estimate of drug-likeness (QED) is 0.464. The normalized spacial score (nSPS) is 11.2. The van der Waals surface area contributed by atoms with E-state index < -0.39 is 22.1 Å². The Morgan fingerprint density at radius 1 is 1.00 bits per heavy atom. The highest BCUT2D eigenvalue weighted by molar-refractivity contribution is 7.91. The maximum atomic E-state index is 13.4. The van der Waals surface area contributed by atoms with Crippen LogP contribution in [0.1, 0.15) is 0 Å². The minimum atomic E-state index is -4.24. The third-order valence-corrected chi connectivity index (χ3v) is 5.61. The van der Waals surface area contributed by atoms with Gasteiger partial charge in [0.2, 0.25) is 0 Å². The van der Waals surface area contributed by atoms with Gasteiger partial charge in [0.15, 0.2) is 0 Å². The fraction of sp³-hybridized carbons (Fsp3) is 0.0455. The van der Waals surface area contributed by atoms with Crippen LogP contribution in [0.3, 0.4) is 0 Å². The Labute approximate surface area is 187 Å². The van der Waals surface area contributed by atoms with Crippen molar-refractivity contribution in [3.8, 4) is 16.9 Å². The number of anilines is 1. The van der Waals surface area contributed by atoms with Crippen molar-refractivity contribution >= 4 is 32.8 Å². The van der Waals surface area contributed by atoms with Crippen LogP contribution in [0, 0.1) is 5.82 Å². The zero-order chi connectivity index (χ0) is 23.6. The van der Waals surface area contributed by atoms with Crippen molar-refractivity contribution in [3.05, 3.63) is 89.0 Å². The molecule has 0 atom stereocenters. The Kier molecular flexibility index (Phi) is 5.80. The molecule has 0 saturated carbocycles. The van der Waals surface area contributed by atoms with Crippen LogP contribution in [-0.2, 0) is 14.9 Å². The number of carbonyl (C=O) groups is 1. The van der Waals surface area contributed by atoms with Gasteiger partial charge in [-0.3, -0.25) is 9.52 Å². The highest BCUT2D eigenvalue weighted by atomic mass is 32.2. The summed E-state index contributed by atoms with van der Waals surface area (Å²) in [6, 6.07) is 18.4. The molecule has 168 valence electrons. The summed E-state index contributed by atoms with van der Waals surface area (Å²) < 4.78 is 47.0. The summed E-state index contributed by atoms with van der Waals surface area (Å²) in [5.74, 6) is -0.451. The van der Waals surface area contributed by atoms with E-state index in [1.54, 1.807) is 41.1 Å². The van der Waals surface area contributed by atoms with Gasteiger partial charge in [-0.15, -0.1) is 0 Å². The third-order valence-electron chi connectivity index (χ3n) is 4.67. The maximum absolute atomic E-state index is 13.4. The van der Waals surface area contributed by atoms with E-state index in [-0.39, 0.29) is 11.2 Å². The minimum absolute atomic E-state index is 0.148. The number of aromatic nitrogens is 2.